The molecule has 0 aliphatic heterocycles. The van der Waals surface area contributed by atoms with Crippen LogP contribution >= 0.6 is 0 Å². The van der Waals surface area contributed by atoms with Crippen LogP contribution in [0.15, 0.2) is 48.5 Å². The number of hydrogen-bond donors (Lipinski definition) is 1. The average molecular weight is 237 g/mol. The van der Waals surface area contributed by atoms with Crippen molar-refractivity contribution in [3.8, 4) is 0 Å². The maximum atomic E-state index is 3.46. The lowest BCUT2D eigenvalue weighted by atomic mass is 9.89. The molecule has 0 spiro atoms. The molecular formula is C17H19N. The minimum Gasteiger partial charge on any atom is -0.313 e. The smallest absolute Gasteiger partial charge is 0.0361 e. The summed E-state index contributed by atoms with van der Waals surface area (Å²) in [4.78, 5) is 0. The Kier molecular flexibility index (Phi) is 2.92. The van der Waals surface area contributed by atoms with Crippen LogP contribution in [0.1, 0.15) is 41.1 Å². The summed E-state index contributed by atoms with van der Waals surface area (Å²) in [6, 6.07) is 18.1. The zero-order valence-electron chi connectivity index (χ0n) is 11.0. The van der Waals surface area contributed by atoms with Gasteiger partial charge >= 0.3 is 0 Å². The fourth-order valence-corrected chi connectivity index (χ4v) is 3.12. The van der Waals surface area contributed by atoms with E-state index in [-0.39, 0.29) is 0 Å². The summed E-state index contributed by atoms with van der Waals surface area (Å²) >= 11 is 0. The highest BCUT2D eigenvalue weighted by Gasteiger charge is 2.24. The first-order valence-electron chi connectivity index (χ1n) is 6.65. The van der Waals surface area contributed by atoms with Gasteiger partial charge in [-0.05, 0) is 35.7 Å². The minimum absolute atomic E-state index is 0.423. The zero-order chi connectivity index (χ0) is 12.5. The second-order valence-electron chi connectivity index (χ2n) is 5.09. The van der Waals surface area contributed by atoms with Crippen molar-refractivity contribution >= 4 is 0 Å². The Morgan fingerprint density at radius 2 is 1.50 bits per heavy atom. The molecule has 18 heavy (non-hydrogen) atoms. The van der Waals surface area contributed by atoms with Crippen LogP contribution in [0.2, 0.25) is 0 Å². The molecule has 0 unspecified atom stereocenters. The molecule has 0 fully saturated rings. The van der Waals surface area contributed by atoms with E-state index in [4.69, 9.17) is 0 Å². The topological polar surface area (TPSA) is 12.0 Å². The largest absolute Gasteiger partial charge is 0.313 e. The van der Waals surface area contributed by atoms with Crippen molar-refractivity contribution in [2.24, 2.45) is 0 Å². The summed E-state index contributed by atoms with van der Waals surface area (Å²) < 4.78 is 0. The highest BCUT2D eigenvalue weighted by atomic mass is 14.9. The van der Waals surface area contributed by atoms with Crippen molar-refractivity contribution in [3.63, 3.8) is 0 Å². The monoisotopic (exact) mass is 237 g/mol. The van der Waals surface area contributed by atoms with E-state index < -0.39 is 0 Å². The Hall–Kier alpha value is -1.60. The van der Waals surface area contributed by atoms with Gasteiger partial charge in [0.1, 0.15) is 0 Å². The van der Waals surface area contributed by atoms with E-state index in [1.807, 2.05) is 0 Å². The van der Waals surface area contributed by atoms with Crippen LogP contribution in [0, 0.1) is 0 Å². The number of likely N-dealkylation sites (N-methyl/N-ethyl adjacent to an activating group) is 1. The van der Waals surface area contributed by atoms with E-state index in [0.717, 1.165) is 6.42 Å². The predicted octanol–water partition coefficient (Wildman–Crippen LogP) is 3.66. The molecular weight excluding hydrogens is 218 g/mol. The van der Waals surface area contributed by atoms with E-state index >= 15 is 0 Å². The van der Waals surface area contributed by atoms with E-state index in [1.54, 1.807) is 0 Å². The molecule has 0 saturated carbocycles. The van der Waals surface area contributed by atoms with Crippen molar-refractivity contribution in [2.75, 3.05) is 7.05 Å². The first kappa shape index (κ1) is 11.5. The molecule has 1 aliphatic carbocycles. The van der Waals surface area contributed by atoms with E-state index in [9.17, 15) is 0 Å². The summed E-state index contributed by atoms with van der Waals surface area (Å²) in [7, 11) is 2.06. The molecule has 1 aliphatic rings. The van der Waals surface area contributed by atoms with Gasteiger partial charge in [0.05, 0.1) is 0 Å². The van der Waals surface area contributed by atoms with Crippen molar-refractivity contribution in [1.29, 1.82) is 0 Å². The summed E-state index contributed by atoms with van der Waals surface area (Å²) in [6.45, 7) is 2.32. The van der Waals surface area contributed by atoms with E-state index in [2.05, 4.69) is 67.8 Å². The number of hydrogen-bond acceptors (Lipinski definition) is 1. The molecule has 0 radical (unpaired) electrons. The summed E-state index contributed by atoms with van der Waals surface area (Å²) in [5.74, 6) is 0.482. The van der Waals surface area contributed by atoms with Crippen LogP contribution in [-0.4, -0.2) is 7.05 Å². The van der Waals surface area contributed by atoms with Gasteiger partial charge in [0.15, 0.2) is 0 Å². The van der Waals surface area contributed by atoms with Crippen molar-refractivity contribution < 1.29 is 0 Å². The highest BCUT2D eigenvalue weighted by molar-refractivity contribution is 5.45. The SMILES string of the molecule is CN[C@@H]1Cc2ccccc2[C@H](C)c2ccccc21. The molecule has 0 saturated heterocycles. The summed E-state index contributed by atoms with van der Waals surface area (Å²) in [5, 5.41) is 3.46. The molecule has 0 heterocycles. The molecule has 92 valence electrons. The predicted molar refractivity (Wildman–Crippen MR) is 75.9 cm³/mol. The van der Waals surface area contributed by atoms with E-state index in [0.29, 0.717) is 12.0 Å². The number of rotatable bonds is 1. The van der Waals surface area contributed by atoms with Crippen molar-refractivity contribution in [3.05, 3.63) is 70.8 Å². The molecule has 2 aromatic carbocycles. The molecule has 2 aromatic rings. The van der Waals surface area contributed by atoms with Gasteiger partial charge in [-0.25, -0.2) is 0 Å². The first-order chi connectivity index (χ1) is 8.81. The van der Waals surface area contributed by atoms with Crippen LogP contribution in [-0.2, 0) is 6.42 Å². The normalized spacial score (nSPS) is 21.9. The minimum atomic E-state index is 0.423. The van der Waals surface area contributed by atoms with Crippen molar-refractivity contribution in [1.82, 2.24) is 5.32 Å². The molecule has 1 heteroatoms. The van der Waals surface area contributed by atoms with Gasteiger partial charge in [-0.3, -0.25) is 0 Å². The van der Waals surface area contributed by atoms with Gasteiger partial charge in [0, 0.05) is 12.0 Å². The van der Waals surface area contributed by atoms with Gasteiger partial charge in [-0.1, -0.05) is 55.5 Å². The summed E-state index contributed by atoms with van der Waals surface area (Å²) in [6.07, 6.45) is 1.08. The average Bonchev–Trinajstić information content (AvgIpc) is 2.55. The lowest BCUT2D eigenvalue weighted by Crippen LogP contribution is -2.19. The van der Waals surface area contributed by atoms with Gasteiger partial charge in [-0.15, -0.1) is 0 Å². The zero-order valence-corrected chi connectivity index (χ0v) is 11.0. The lowest BCUT2D eigenvalue weighted by molar-refractivity contribution is 0.592. The molecule has 1 nitrogen and oxygen atoms in total. The number of nitrogens with one attached hydrogen (secondary N) is 1. The molecule has 0 aromatic heterocycles. The first-order valence-corrected chi connectivity index (χ1v) is 6.65. The van der Waals surface area contributed by atoms with Crippen LogP contribution in [0.25, 0.3) is 0 Å². The molecule has 2 atom stereocenters. The van der Waals surface area contributed by atoms with Crippen molar-refractivity contribution in [2.45, 2.75) is 25.3 Å². The Bertz CT molecular complexity index is 559. The molecule has 0 bridgehead atoms. The van der Waals surface area contributed by atoms with Gasteiger partial charge in [0.25, 0.3) is 0 Å². The second-order valence-corrected chi connectivity index (χ2v) is 5.09. The fraction of sp³-hybridized carbons (Fsp3) is 0.294. The summed E-state index contributed by atoms with van der Waals surface area (Å²) in [5.41, 5.74) is 5.86. The third-order valence-corrected chi connectivity index (χ3v) is 4.13. The number of benzene rings is 2. The lowest BCUT2D eigenvalue weighted by Gasteiger charge is -2.18. The maximum absolute atomic E-state index is 3.46. The third-order valence-electron chi connectivity index (χ3n) is 4.13. The van der Waals surface area contributed by atoms with Crippen LogP contribution < -0.4 is 5.32 Å². The Balaban J connectivity index is 2.21. The quantitative estimate of drug-likeness (QED) is 0.798. The van der Waals surface area contributed by atoms with E-state index in [1.165, 1.54) is 22.3 Å². The molecule has 0 amide bonds. The van der Waals surface area contributed by atoms with Gasteiger partial charge in [-0.2, -0.15) is 0 Å². The molecule has 1 N–H and O–H groups in total. The van der Waals surface area contributed by atoms with Gasteiger partial charge < -0.3 is 5.32 Å². The maximum Gasteiger partial charge on any atom is 0.0361 e. The Morgan fingerprint density at radius 1 is 0.889 bits per heavy atom. The third kappa shape index (κ3) is 1.75. The Morgan fingerprint density at radius 3 is 2.22 bits per heavy atom. The fourth-order valence-electron chi connectivity index (χ4n) is 3.12. The van der Waals surface area contributed by atoms with Crippen LogP contribution in [0.4, 0.5) is 0 Å². The second kappa shape index (κ2) is 4.58. The number of fused-ring (bicyclic) bond motifs is 2. The Labute approximate surface area is 109 Å². The highest BCUT2D eigenvalue weighted by Crippen LogP contribution is 2.37. The van der Waals surface area contributed by atoms with Gasteiger partial charge in [0.2, 0.25) is 0 Å². The molecule has 3 rings (SSSR count). The van der Waals surface area contributed by atoms with Crippen LogP contribution in [0.3, 0.4) is 0 Å². The standard InChI is InChI=1S/C17H19N/c1-12-14-8-4-3-7-13(14)11-17(18-2)16-10-6-5-9-15(12)16/h3-10,12,17-18H,11H2,1-2H3/t12-,17+/m0/s1. The van der Waals surface area contributed by atoms with Crippen LogP contribution in [0.5, 0.6) is 0 Å².